The number of nitrogens with zero attached hydrogens (tertiary/aromatic N) is 3. The van der Waals surface area contributed by atoms with Gasteiger partial charge in [0.2, 0.25) is 5.13 Å². The van der Waals surface area contributed by atoms with Gasteiger partial charge in [-0.2, -0.15) is 4.99 Å². The predicted molar refractivity (Wildman–Crippen MR) is 136 cm³/mol. The molecule has 1 aromatic heterocycles. The lowest BCUT2D eigenvalue weighted by Gasteiger charge is -2.13. The summed E-state index contributed by atoms with van der Waals surface area (Å²) in [6.45, 7) is 4.73. The van der Waals surface area contributed by atoms with Gasteiger partial charge in [-0.05, 0) is 67.1 Å². The summed E-state index contributed by atoms with van der Waals surface area (Å²) < 4.78 is 11.8. The van der Waals surface area contributed by atoms with Crippen LogP contribution < -0.4 is 9.47 Å². The molecule has 1 aliphatic rings. The van der Waals surface area contributed by atoms with Crippen molar-refractivity contribution in [3.05, 3.63) is 74.6 Å². The standard InChI is InChI=1S/C24H22ClN3O3S2/c1-4-30-20-11-17(7-10-19(20)31-13-16-5-8-18(25)9-6-16)12-21-22(29)28(3)24(33-21)27-23-26-15(2)14-32-23/h5-12,14H,4,13H2,1-3H3/b21-12-,27-24+. The first kappa shape index (κ1) is 23.4. The average molecular weight is 500 g/mol. The third kappa shape index (κ3) is 5.76. The van der Waals surface area contributed by atoms with Crippen molar-refractivity contribution in [1.29, 1.82) is 0 Å². The van der Waals surface area contributed by atoms with Gasteiger partial charge in [0.05, 0.1) is 17.2 Å². The summed E-state index contributed by atoms with van der Waals surface area (Å²) in [6.07, 6.45) is 1.84. The number of likely N-dealkylation sites (N-methyl/N-ethyl adjacent to an activating group) is 1. The molecule has 1 aliphatic heterocycles. The number of thiazole rings is 1. The Morgan fingerprint density at radius 1 is 1.15 bits per heavy atom. The molecule has 0 radical (unpaired) electrons. The molecular formula is C24H22ClN3O3S2. The van der Waals surface area contributed by atoms with Gasteiger partial charge in [-0.25, -0.2) is 4.98 Å². The largest absolute Gasteiger partial charge is 0.490 e. The van der Waals surface area contributed by atoms with Crippen LogP contribution in [-0.2, 0) is 11.4 Å². The highest BCUT2D eigenvalue weighted by Crippen LogP contribution is 2.36. The van der Waals surface area contributed by atoms with Gasteiger partial charge < -0.3 is 9.47 Å². The van der Waals surface area contributed by atoms with E-state index in [2.05, 4.69) is 9.98 Å². The number of ether oxygens (including phenoxy) is 2. The summed E-state index contributed by atoms with van der Waals surface area (Å²) in [4.78, 5) is 23.7. The maximum atomic E-state index is 12.8. The fraction of sp³-hybridized carbons (Fsp3) is 0.208. The van der Waals surface area contributed by atoms with Crippen molar-refractivity contribution in [2.24, 2.45) is 4.99 Å². The molecule has 0 spiro atoms. The second kappa shape index (κ2) is 10.4. The monoisotopic (exact) mass is 499 g/mol. The number of amidine groups is 1. The van der Waals surface area contributed by atoms with Crippen LogP contribution in [0.1, 0.15) is 23.7 Å². The van der Waals surface area contributed by atoms with E-state index in [1.54, 1.807) is 11.9 Å². The lowest BCUT2D eigenvalue weighted by Crippen LogP contribution is -2.23. The maximum Gasteiger partial charge on any atom is 0.266 e. The number of rotatable bonds is 7. The van der Waals surface area contributed by atoms with Gasteiger partial charge >= 0.3 is 0 Å². The number of aliphatic imine (C=N–C) groups is 1. The normalized spacial score (nSPS) is 16.1. The summed E-state index contributed by atoms with van der Waals surface area (Å²) >= 11 is 8.73. The number of thioether (sulfide) groups is 1. The van der Waals surface area contributed by atoms with Crippen LogP contribution in [0.2, 0.25) is 5.02 Å². The molecule has 1 fully saturated rings. The Kier molecular flexibility index (Phi) is 7.37. The molecule has 9 heteroatoms. The molecule has 0 atom stereocenters. The van der Waals surface area contributed by atoms with E-state index in [-0.39, 0.29) is 5.91 Å². The fourth-order valence-electron chi connectivity index (χ4n) is 3.02. The van der Waals surface area contributed by atoms with Crippen molar-refractivity contribution in [2.75, 3.05) is 13.7 Å². The Morgan fingerprint density at radius 3 is 2.64 bits per heavy atom. The van der Waals surface area contributed by atoms with Crippen molar-refractivity contribution in [3.63, 3.8) is 0 Å². The molecule has 0 aliphatic carbocycles. The summed E-state index contributed by atoms with van der Waals surface area (Å²) in [6, 6.07) is 13.1. The summed E-state index contributed by atoms with van der Waals surface area (Å²) in [5.41, 5.74) is 2.76. The predicted octanol–water partition coefficient (Wildman–Crippen LogP) is 6.32. The van der Waals surface area contributed by atoms with E-state index in [9.17, 15) is 4.79 Å². The van der Waals surface area contributed by atoms with Crippen LogP contribution in [0, 0.1) is 6.92 Å². The topological polar surface area (TPSA) is 64.0 Å². The van der Waals surface area contributed by atoms with Gasteiger partial charge in [0.1, 0.15) is 6.61 Å². The second-order valence-electron chi connectivity index (χ2n) is 7.19. The SMILES string of the molecule is CCOc1cc(/C=C2\S/C(=N/c3nc(C)cs3)N(C)C2=O)ccc1OCc1ccc(Cl)cc1. The zero-order chi connectivity index (χ0) is 23.4. The summed E-state index contributed by atoms with van der Waals surface area (Å²) in [5.74, 6) is 1.16. The Morgan fingerprint density at radius 2 is 1.94 bits per heavy atom. The van der Waals surface area contributed by atoms with Gasteiger partial charge in [-0.15, -0.1) is 11.3 Å². The molecule has 170 valence electrons. The quantitative estimate of drug-likeness (QED) is 0.356. The van der Waals surface area contributed by atoms with Crippen LogP contribution in [0.5, 0.6) is 11.5 Å². The van der Waals surface area contributed by atoms with Crippen LogP contribution in [0.3, 0.4) is 0 Å². The van der Waals surface area contributed by atoms with Gasteiger partial charge in [0.25, 0.3) is 5.91 Å². The highest BCUT2D eigenvalue weighted by atomic mass is 35.5. The molecular weight excluding hydrogens is 478 g/mol. The van der Waals surface area contributed by atoms with Crippen LogP contribution in [-0.4, -0.2) is 34.6 Å². The van der Waals surface area contributed by atoms with E-state index in [4.69, 9.17) is 21.1 Å². The highest BCUT2D eigenvalue weighted by Gasteiger charge is 2.30. The van der Waals surface area contributed by atoms with Gasteiger partial charge in [-0.1, -0.05) is 29.8 Å². The first-order valence-corrected chi connectivity index (χ1v) is 12.3. The van der Waals surface area contributed by atoms with E-state index in [0.717, 1.165) is 16.8 Å². The lowest BCUT2D eigenvalue weighted by molar-refractivity contribution is -0.121. The lowest BCUT2D eigenvalue weighted by atomic mass is 10.1. The van der Waals surface area contributed by atoms with Crippen molar-refractivity contribution in [3.8, 4) is 11.5 Å². The molecule has 0 saturated carbocycles. The minimum atomic E-state index is -0.104. The minimum absolute atomic E-state index is 0.104. The number of aryl methyl sites for hydroxylation is 1. The number of aromatic nitrogens is 1. The number of benzene rings is 2. The third-order valence-corrected chi connectivity index (χ3v) is 6.84. The van der Waals surface area contributed by atoms with Crippen molar-refractivity contribution in [2.45, 2.75) is 20.5 Å². The molecule has 33 heavy (non-hydrogen) atoms. The van der Waals surface area contributed by atoms with E-state index in [1.165, 1.54) is 23.1 Å². The van der Waals surface area contributed by atoms with Crippen molar-refractivity contribution < 1.29 is 14.3 Å². The zero-order valence-electron chi connectivity index (χ0n) is 18.4. The Bertz CT molecular complexity index is 1220. The maximum absolute atomic E-state index is 12.8. The molecule has 0 bridgehead atoms. The molecule has 2 aromatic carbocycles. The molecule has 2 heterocycles. The third-order valence-electron chi connectivity index (χ3n) is 4.67. The number of carbonyl (C=O) groups excluding carboxylic acids is 1. The zero-order valence-corrected chi connectivity index (χ0v) is 20.8. The molecule has 3 aromatic rings. The van der Waals surface area contributed by atoms with Gasteiger partial charge in [-0.3, -0.25) is 9.69 Å². The number of halogens is 1. The van der Waals surface area contributed by atoms with E-state index < -0.39 is 0 Å². The van der Waals surface area contributed by atoms with Crippen LogP contribution in [0.4, 0.5) is 5.13 Å². The Hall–Kier alpha value is -2.81. The minimum Gasteiger partial charge on any atom is -0.490 e. The molecule has 0 unspecified atom stereocenters. The smallest absolute Gasteiger partial charge is 0.266 e. The number of hydrogen-bond acceptors (Lipinski definition) is 7. The Labute approximate surface area is 205 Å². The second-order valence-corrected chi connectivity index (χ2v) is 9.48. The number of hydrogen-bond donors (Lipinski definition) is 0. The average Bonchev–Trinajstić information content (AvgIpc) is 3.32. The molecule has 1 amide bonds. The van der Waals surface area contributed by atoms with E-state index >= 15 is 0 Å². The van der Waals surface area contributed by atoms with Crippen molar-refractivity contribution in [1.82, 2.24) is 9.88 Å². The van der Waals surface area contributed by atoms with Crippen molar-refractivity contribution >= 4 is 57.0 Å². The summed E-state index contributed by atoms with van der Waals surface area (Å²) in [5, 5.41) is 3.86. The molecule has 1 saturated heterocycles. The molecule has 0 N–H and O–H groups in total. The van der Waals surface area contributed by atoms with Gasteiger partial charge in [0, 0.05) is 17.5 Å². The molecule has 4 rings (SSSR count). The number of amides is 1. The van der Waals surface area contributed by atoms with E-state index in [1.807, 2.05) is 67.8 Å². The van der Waals surface area contributed by atoms with Crippen LogP contribution in [0.15, 0.2) is 57.7 Å². The summed E-state index contributed by atoms with van der Waals surface area (Å²) in [7, 11) is 1.72. The van der Waals surface area contributed by atoms with Crippen LogP contribution >= 0.6 is 34.7 Å². The van der Waals surface area contributed by atoms with E-state index in [0.29, 0.717) is 44.9 Å². The first-order valence-electron chi connectivity index (χ1n) is 10.3. The first-order chi connectivity index (χ1) is 15.9. The van der Waals surface area contributed by atoms with Crippen LogP contribution in [0.25, 0.3) is 6.08 Å². The fourth-order valence-corrected chi connectivity index (χ4v) is 4.84. The highest BCUT2D eigenvalue weighted by molar-refractivity contribution is 8.18. The molecule has 6 nitrogen and oxygen atoms in total. The Balaban J connectivity index is 1.53. The number of carbonyl (C=O) groups is 1. The van der Waals surface area contributed by atoms with Gasteiger partial charge in [0.15, 0.2) is 16.7 Å².